The number of carboxylic acid groups (broad SMARTS) is 1. The molecule has 104 valence electrons. The van der Waals surface area contributed by atoms with Crippen LogP contribution in [0, 0.1) is 0 Å². The molecule has 2 aromatic rings. The highest BCUT2D eigenvalue weighted by Crippen LogP contribution is 2.23. The van der Waals surface area contributed by atoms with E-state index in [4.69, 9.17) is 4.74 Å². The molecule has 0 unspecified atom stereocenters. The fourth-order valence-corrected chi connectivity index (χ4v) is 2.30. The molecule has 0 aromatic heterocycles. The maximum absolute atomic E-state index is 11.7. The molecule has 1 N–H and O–H groups in total. The van der Waals surface area contributed by atoms with Crippen molar-refractivity contribution in [2.24, 2.45) is 0 Å². The summed E-state index contributed by atoms with van der Waals surface area (Å²) in [5.74, 6) is -0.937. The summed E-state index contributed by atoms with van der Waals surface area (Å²) < 4.78 is 5.41. The Balaban J connectivity index is 2.28. The molecule has 0 aliphatic heterocycles. The fourth-order valence-electron chi connectivity index (χ4n) is 2.30. The van der Waals surface area contributed by atoms with E-state index in [0.29, 0.717) is 12.8 Å². The van der Waals surface area contributed by atoms with Crippen LogP contribution in [0.4, 0.5) is 0 Å². The lowest BCUT2D eigenvalue weighted by Gasteiger charge is -2.28. The Kier molecular flexibility index (Phi) is 4.53. The number of aliphatic carboxylic acids is 1. The second-order valence-corrected chi connectivity index (χ2v) is 4.83. The lowest BCUT2D eigenvalue weighted by Crippen LogP contribution is -2.45. The van der Waals surface area contributed by atoms with Gasteiger partial charge in [0.1, 0.15) is 0 Å². The number of hydrogen-bond acceptors (Lipinski definition) is 2. The largest absolute Gasteiger partial charge is 0.479 e. The smallest absolute Gasteiger partial charge is 0.336 e. The van der Waals surface area contributed by atoms with Gasteiger partial charge >= 0.3 is 5.97 Å². The van der Waals surface area contributed by atoms with E-state index in [1.807, 2.05) is 60.7 Å². The van der Waals surface area contributed by atoms with Crippen molar-refractivity contribution in [2.75, 3.05) is 7.11 Å². The Hall–Kier alpha value is -2.13. The Labute approximate surface area is 118 Å². The molecule has 3 heteroatoms. The van der Waals surface area contributed by atoms with Crippen molar-refractivity contribution in [1.29, 1.82) is 0 Å². The quantitative estimate of drug-likeness (QED) is 0.878. The second kappa shape index (κ2) is 6.35. The van der Waals surface area contributed by atoms with Crippen LogP contribution >= 0.6 is 0 Å². The van der Waals surface area contributed by atoms with Gasteiger partial charge in [0.15, 0.2) is 5.60 Å². The first-order valence-corrected chi connectivity index (χ1v) is 6.53. The molecule has 0 fully saturated rings. The molecule has 0 saturated heterocycles. The zero-order chi connectivity index (χ0) is 14.4. The van der Waals surface area contributed by atoms with Crippen LogP contribution in [0.2, 0.25) is 0 Å². The summed E-state index contributed by atoms with van der Waals surface area (Å²) in [6.45, 7) is 0. The van der Waals surface area contributed by atoms with Crippen LogP contribution in [0.5, 0.6) is 0 Å². The summed E-state index contributed by atoms with van der Waals surface area (Å²) in [6, 6.07) is 19.1. The number of benzene rings is 2. The van der Waals surface area contributed by atoms with E-state index in [9.17, 15) is 9.90 Å². The summed E-state index contributed by atoms with van der Waals surface area (Å²) >= 11 is 0. The average Bonchev–Trinajstić information content (AvgIpc) is 2.48. The highest BCUT2D eigenvalue weighted by molar-refractivity contribution is 5.78. The molecule has 2 aromatic carbocycles. The van der Waals surface area contributed by atoms with Gasteiger partial charge in [-0.3, -0.25) is 0 Å². The minimum absolute atomic E-state index is 0.342. The van der Waals surface area contributed by atoms with Crippen molar-refractivity contribution in [3.63, 3.8) is 0 Å². The number of hydrogen-bond donors (Lipinski definition) is 1. The summed E-state index contributed by atoms with van der Waals surface area (Å²) in [5, 5.41) is 9.62. The van der Waals surface area contributed by atoms with Crippen molar-refractivity contribution < 1.29 is 14.6 Å². The van der Waals surface area contributed by atoms with Crippen molar-refractivity contribution >= 4 is 5.97 Å². The molecule has 0 amide bonds. The molecule has 0 atom stereocenters. The van der Waals surface area contributed by atoms with E-state index < -0.39 is 11.6 Å². The van der Waals surface area contributed by atoms with Crippen LogP contribution in [0.1, 0.15) is 11.1 Å². The Morgan fingerprint density at radius 1 is 0.950 bits per heavy atom. The molecular weight excluding hydrogens is 252 g/mol. The van der Waals surface area contributed by atoms with E-state index >= 15 is 0 Å². The van der Waals surface area contributed by atoms with Gasteiger partial charge in [-0.2, -0.15) is 0 Å². The predicted octanol–water partition coefficient (Wildman–Crippen LogP) is 2.94. The van der Waals surface area contributed by atoms with Crippen LogP contribution in [0.15, 0.2) is 60.7 Å². The standard InChI is InChI=1S/C17H18O3/c1-20-17(16(18)19,12-14-8-4-2-5-9-14)13-15-10-6-3-7-11-15/h2-11H,12-13H2,1H3,(H,18,19). The normalized spacial score (nSPS) is 11.2. The monoisotopic (exact) mass is 270 g/mol. The van der Waals surface area contributed by atoms with E-state index in [2.05, 4.69) is 0 Å². The minimum atomic E-state index is -1.23. The number of carboxylic acids is 1. The molecule has 0 aliphatic rings. The van der Waals surface area contributed by atoms with Crippen molar-refractivity contribution in [3.8, 4) is 0 Å². The molecule has 0 radical (unpaired) electrons. The molecule has 0 bridgehead atoms. The first-order valence-electron chi connectivity index (χ1n) is 6.53. The van der Waals surface area contributed by atoms with E-state index in [1.54, 1.807) is 0 Å². The minimum Gasteiger partial charge on any atom is -0.479 e. The van der Waals surface area contributed by atoms with Crippen LogP contribution < -0.4 is 0 Å². The molecule has 0 spiro atoms. The average molecular weight is 270 g/mol. The molecular formula is C17H18O3. The molecule has 0 heterocycles. The summed E-state index contributed by atoms with van der Waals surface area (Å²) in [4.78, 5) is 11.7. The van der Waals surface area contributed by atoms with Gasteiger partial charge in [-0.1, -0.05) is 60.7 Å². The van der Waals surface area contributed by atoms with Gasteiger partial charge in [-0.05, 0) is 11.1 Å². The zero-order valence-corrected chi connectivity index (χ0v) is 11.5. The Bertz CT molecular complexity index is 507. The molecule has 0 aliphatic carbocycles. The maximum Gasteiger partial charge on any atom is 0.336 e. The van der Waals surface area contributed by atoms with E-state index in [-0.39, 0.29) is 0 Å². The lowest BCUT2D eigenvalue weighted by atomic mass is 9.88. The third-order valence-corrected chi connectivity index (χ3v) is 3.45. The highest BCUT2D eigenvalue weighted by atomic mass is 16.5. The van der Waals surface area contributed by atoms with E-state index in [1.165, 1.54) is 7.11 Å². The molecule has 2 rings (SSSR count). The molecule has 20 heavy (non-hydrogen) atoms. The summed E-state index contributed by atoms with van der Waals surface area (Å²) in [6.07, 6.45) is 0.684. The Morgan fingerprint density at radius 3 is 1.65 bits per heavy atom. The van der Waals surface area contributed by atoms with Crippen molar-refractivity contribution in [3.05, 3.63) is 71.8 Å². The number of carbonyl (C=O) groups is 1. The first-order chi connectivity index (χ1) is 9.66. The molecule has 0 saturated carbocycles. The predicted molar refractivity (Wildman–Crippen MR) is 77.7 cm³/mol. The van der Waals surface area contributed by atoms with Gasteiger partial charge in [-0.15, -0.1) is 0 Å². The summed E-state index contributed by atoms with van der Waals surface area (Å²) in [7, 11) is 1.46. The van der Waals surface area contributed by atoms with Gasteiger partial charge < -0.3 is 9.84 Å². The fraction of sp³-hybridized carbons (Fsp3) is 0.235. The van der Waals surface area contributed by atoms with Crippen molar-refractivity contribution in [2.45, 2.75) is 18.4 Å². The van der Waals surface area contributed by atoms with Gasteiger partial charge in [0.2, 0.25) is 0 Å². The summed E-state index contributed by atoms with van der Waals surface area (Å²) in [5.41, 5.74) is 0.670. The first kappa shape index (κ1) is 14.3. The van der Waals surface area contributed by atoms with Gasteiger partial charge in [0.25, 0.3) is 0 Å². The zero-order valence-electron chi connectivity index (χ0n) is 11.5. The van der Waals surface area contributed by atoms with Crippen LogP contribution in [0.3, 0.4) is 0 Å². The highest BCUT2D eigenvalue weighted by Gasteiger charge is 2.39. The number of ether oxygens (including phenoxy) is 1. The van der Waals surface area contributed by atoms with Gasteiger partial charge in [0.05, 0.1) is 0 Å². The molecule has 3 nitrogen and oxygen atoms in total. The number of methoxy groups -OCH3 is 1. The van der Waals surface area contributed by atoms with Crippen LogP contribution in [-0.4, -0.2) is 23.8 Å². The van der Waals surface area contributed by atoms with E-state index in [0.717, 1.165) is 11.1 Å². The van der Waals surface area contributed by atoms with Gasteiger partial charge in [0, 0.05) is 20.0 Å². The topological polar surface area (TPSA) is 46.5 Å². The third kappa shape index (κ3) is 3.25. The van der Waals surface area contributed by atoms with Crippen LogP contribution in [0.25, 0.3) is 0 Å². The lowest BCUT2D eigenvalue weighted by molar-refractivity contribution is -0.162. The van der Waals surface area contributed by atoms with Crippen molar-refractivity contribution in [1.82, 2.24) is 0 Å². The number of rotatable bonds is 6. The Morgan fingerprint density at radius 2 is 1.35 bits per heavy atom. The SMILES string of the molecule is COC(Cc1ccccc1)(Cc1ccccc1)C(=O)O. The second-order valence-electron chi connectivity index (χ2n) is 4.83. The van der Waals surface area contributed by atoms with Crippen LogP contribution in [-0.2, 0) is 22.4 Å². The van der Waals surface area contributed by atoms with Gasteiger partial charge in [-0.25, -0.2) is 4.79 Å². The third-order valence-electron chi connectivity index (χ3n) is 3.45. The maximum atomic E-state index is 11.7.